The van der Waals surface area contributed by atoms with Gasteiger partial charge < -0.3 is 14.2 Å². The summed E-state index contributed by atoms with van der Waals surface area (Å²) in [5.74, 6) is 1.50. The van der Waals surface area contributed by atoms with E-state index >= 15 is 0 Å². The number of hydrogen-bond acceptors (Lipinski definition) is 4. The number of fused-ring (bicyclic) bond motifs is 1. The molecule has 1 aromatic heterocycles. The van der Waals surface area contributed by atoms with Crippen LogP contribution < -0.4 is 9.64 Å². The number of hydrogen-bond donors (Lipinski definition) is 1. The number of nitro groups is 1. The summed E-state index contributed by atoms with van der Waals surface area (Å²) in [5.41, 5.74) is 2.63. The number of quaternary nitrogens is 1. The van der Waals surface area contributed by atoms with E-state index in [0.29, 0.717) is 17.7 Å². The number of imidazole rings is 1. The Morgan fingerprint density at radius 3 is 2.53 bits per heavy atom. The van der Waals surface area contributed by atoms with E-state index in [4.69, 9.17) is 9.72 Å². The first-order valence-corrected chi connectivity index (χ1v) is 10.3. The van der Waals surface area contributed by atoms with Crippen molar-refractivity contribution in [2.75, 3.05) is 32.9 Å². The summed E-state index contributed by atoms with van der Waals surface area (Å²) in [6.07, 6.45) is 0.597. The average molecular weight is 415 g/mol. The van der Waals surface area contributed by atoms with Gasteiger partial charge in [-0.3, -0.25) is 10.1 Å². The van der Waals surface area contributed by atoms with Crippen molar-refractivity contribution < 1.29 is 19.0 Å². The van der Waals surface area contributed by atoms with Crippen LogP contribution in [0.3, 0.4) is 0 Å². The first-order chi connectivity index (χ1) is 14.5. The van der Waals surface area contributed by atoms with Crippen molar-refractivity contribution in [2.45, 2.75) is 26.8 Å². The largest absolute Gasteiger partial charge is 0.491 e. The molecule has 30 heavy (non-hydrogen) atoms. The molecular weight excluding hydrogens is 387 g/mol. The van der Waals surface area contributed by atoms with Gasteiger partial charge in [0.2, 0.25) is 0 Å². The summed E-state index contributed by atoms with van der Waals surface area (Å²) in [6.45, 7) is 7.70. The molecular formula is C22H28FN4O3+. The Labute approximate surface area is 175 Å². The normalized spacial score (nSPS) is 11.3. The summed E-state index contributed by atoms with van der Waals surface area (Å²) in [5, 5.41) is 11.2. The third-order valence-corrected chi connectivity index (χ3v) is 5.34. The first kappa shape index (κ1) is 21.7. The first-order valence-electron chi connectivity index (χ1n) is 10.3. The van der Waals surface area contributed by atoms with Crippen molar-refractivity contribution in [1.29, 1.82) is 0 Å². The SMILES string of the molecule is CC[NH+](CC)CCn1c(Cc2ccc(OCCF)cc2)nc2cc([N+](=O)[O-])ccc21. The summed E-state index contributed by atoms with van der Waals surface area (Å²) in [4.78, 5) is 17.0. The molecule has 0 aliphatic carbocycles. The van der Waals surface area contributed by atoms with Gasteiger partial charge in [0.1, 0.15) is 24.9 Å². The predicted molar refractivity (Wildman–Crippen MR) is 114 cm³/mol. The molecule has 0 atom stereocenters. The number of benzene rings is 2. The number of nitro benzene ring substituents is 1. The quantitative estimate of drug-likeness (QED) is 0.386. The second-order valence-corrected chi connectivity index (χ2v) is 7.18. The van der Waals surface area contributed by atoms with Crippen molar-refractivity contribution >= 4 is 16.7 Å². The molecule has 7 nitrogen and oxygen atoms in total. The second-order valence-electron chi connectivity index (χ2n) is 7.18. The van der Waals surface area contributed by atoms with Crippen LogP contribution in [-0.4, -0.2) is 47.4 Å². The number of nitrogens with one attached hydrogen (secondary N) is 1. The van der Waals surface area contributed by atoms with Gasteiger partial charge in [0.25, 0.3) is 5.69 Å². The van der Waals surface area contributed by atoms with Crippen LogP contribution in [0.4, 0.5) is 10.1 Å². The zero-order valence-electron chi connectivity index (χ0n) is 17.4. The molecule has 0 aliphatic rings. The summed E-state index contributed by atoms with van der Waals surface area (Å²) in [6, 6.07) is 12.4. The van der Waals surface area contributed by atoms with E-state index in [1.807, 2.05) is 24.3 Å². The van der Waals surface area contributed by atoms with E-state index in [0.717, 1.165) is 43.1 Å². The number of nitrogens with zero attached hydrogens (tertiary/aromatic N) is 3. The lowest BCUT2D eigenvalue weighted by atomic mass is 10.1. The van der Waals surface area contributed by atoms with Crippen LogP contribution in [0.1, 0.15) is 25.2 Å². The monoisotopic (exact) mass is 415 g/mol. The fraction of sp³-hybridized carbons (Fsp3) is 0.409. The molecule has 8 heteroatoms. The van der Waals surface area contributed by atoms with E-state index in [-0.39, 0.29) is 12.3 Å². The van der Waals surface area contributed by atoms with Gasteiger partial charge in [-0.25, -0.2) is 9.37 Å². The van der Waals surface area contributed by atoms with E-state index in [1.54, 1.807) is 6.07 Å². The molecule has 0 saturated carbocycles. The van der Waals surface area contributed by atoms with Crippen molar-refractivity contribution in [3.05, 3.63) is 64.0 Å². The highest BCUT2D eigenvalue weighted by molar-refractivity contribution is 5.78. The zero-order valence-corrected chi connectivity index (χ0v) is 17.4. The van der Waals surface area contributed by atoms with Gasteiger partial charge in [0.15, 0.2) is 0 Å². The fourth-order valence-electron chi connectivity index (χ4n) is 3.58. The van der Waals surface area contributed by atoms with Crippen molar-refractivity contribution in [1.82, 2.24) is 9.55 Å². The van der Waals surface area contributed by atoms with E-state index in [9.17, 15) is 14.5 Å². The minimum atomic E-state index is -0.521. The molecule has 1 N–H and O–H groups in total. The number of aromatic nitrogens is 2. The molecule has 0 unspecified atom stereocenters. The zero-order chi connectivity index (χ0) is 21.5. The van der Waals surface area contributed by atoms with E-state index in [1.165, 1.54) is 17.0 Å². The van der Waals surface area contributed by atoms with Crippen LogP contribution in [-0.2, 0) is 13.0 Å². The van der Waals surface area contributed by atoms with Crippen molar-refractivity contribution in [3.8, 4) is 5.75 Å². The average Bonchev–Trinajstić information content (AvgIpc) is 3.10. The number of halogens is 1. The number of alkyl halides is 1. The molecule has 0 saturated heterocycles. The van der Waals surface area contributed by atoms with Crippen molar-refractivity contribution in [2.24, 2.45) is 0 Å². The highest BCUT2D eigenvalue weighted by Crippen LogP contribution is 2.24. The van der Waals surface area contributed by atoms with Crippen LogP contribution in [0.15, 0.2) is 42.5 Å². The summed E-state index contributed by atoms with van der Waals surface area (Å²) < 4.78 is 19.7. The number of rotatable bonds is 11. The van der Waals surface area contributed by atoms with Crippen molar-refractivity contribution in [3.63, 3.8) is 0 Å². The maximum Gasteiger partial charge on any atom is 0.271 e. The molecule has 0 radical (unpaired) electrons. The van der Waals surface area contributed by atoms with Gasteiger partial charge in [0.05, 0.1) is 42.1 Å². The molecule has 3 aromatic rings. The number of likely N-dealkylation sites (N-methyl/N-ethyl adjacent to an activating group) is 1. The summed E-state index contributed by atoms with van der Waals surface area (Å²) >= 11 is 0. The van der Waals surface area contributed by atoms with Gasteiger partial charge in [0, 0.05) is 18.6 Å². The molecule has 1 heterocycles. The van der Waals surface area contributed by atoms with Gasteiger partial charge in [-0.05, 0) is 37.6 Å². The lowest BCUT2D eigenvalue weighted by Crippen LogP contribution is -3.11. The fourth-order valence-corrected chi connectivity index (χ4v) is 3.58. The minimum absolute atomic E-state index is 0.0433. The van der Waals surface area contributed by atoms with Crippen LogP contribution in [0.2, 0.25) is 0 Å². The molecule has 3 rings (SSSR count). The standard InChI is InChI=1S/C22H27FN4O3/c1-3-25(4-2)12-13-26-21-10-7-18(27(28)29)16-20(21)24-22(26)15-17-5-8-19(9-6-17)30-14-11-23/h5-10,16H,3-4,11-15H2,1-2H3/p+1. The Balaban J connectivity index is 1.90. The Hall–Kier alpha value is -3.00. The lowest BCUT2D eigenvalue weighted by molar-refractivity contribution is -0.897. The lowest BCUT2D eigenvalue weighted by Gasteiger charge is -2.17. The Morgan fingerprint density at radius 2 is 1.90 bits per heavy atom. The van der Waals surface area contributed by atoms with Gasteiger partial charge in [-0.1, -0.05) is 12.1 Å². The predicted octanol–water partition coefficient (Wildman–Crippen LogP) is 2.81. The molecule has 2 aromatic carbocycles. The van der Waals surface area contributed by atoms with Crippen LogP contribution in [0.5, 0.6) is 5.75 Å². The molecule has 0 fully saturated rings. The third-order valence-electron chi connectivity index (χ3n) is 5.34. The topological polar surface area (TPSA) is 74.6 Å². The van der Waals surface area contributed by atoms with E-state index < -0.39 is 11.6 Å². The molecule has 160 valence electrons. The Kier molecular flexibility index (Phi) is 7.35. The highest BCUT2D eigenvalue weighted by Gasteiger charge is 2.16. The van der Waals surface area contributed by atoms with Gasteiger partial charge in [-0.2, -0.15) is 0 Å². The second kappa shape index (κ2) is 10.2. The molecule has 0 amide bonds. The Bertz CT molecular complexity index is 984. The smallest absolute Gasteiger partial charge is 0.271 e. The van der Waals surface area contributed by atoms with Gasteiger partial charge in [-0.15, -0.1) is 0 Å². The maximum atomic E-state index is 12.3. The van der Waals surface area contributed by atoms with Gasteiger partial charge >= 0.3 is 0 Å². The third kappa shape index (κ3) is 5.13. The summed E-state index contributed by atoms with van der Waals surface area (Å²) in [7, 11) is 0. The van der Waals surface area contributed by atoms with Crippen LogP contribution in [0.25, 0.3) is 11.0 Å². The van der Waals surface area contributed by atoms with Crippen LogP contribution in [0, 0.1) is 10.1 Å². The van der Waals surface area contributed by atoms with Crippen LogP contribution >= 0.6 is 0 Å². The molecule has 0 spiro atoms. The maximum absolute atomic E-state index is 12.3. The number of non-ortho nitro benzene ring substituents is 1. The molecule has 0 aliphatic heterocycles. The minimum Gasteiger partial charge on any atom is -0.491 e. The molecule has 0 bridgehead atoms. The number of ether oxygens (including phenoxy) is 1. The van der Waals surface area contributed by atoms with E-state index in [2.05, 4.69) is 18.4 Å². The highest BCUT2D eigenvalue weighted by atomic mass is 19.1. The Morgan fingerprint density at radius 1 is 1.17 bits per heavy atom.